The fraction of sp³-hybridized carbons (Fsp3) is 0.407. The lowest BCUT2D eigenvalue weighted by atomic mass is 10.1. The molecule has 1 aromatic carbocycles. The lowest BCUT2D eigenvalue weighted by molar-refractivity contribution is -0.146. The SMILES string of the molecule is COCC(C(=O)O)N1CCN(Cc2cccc(Nc3cc(-c4cnc(NCCCN)nc4)ccn3)c2)CC1. The van der Waals surface area contributed by atoms with Crippen LogP contribution in [-0.2, 0) is 16.1 Å². The molecule has 11 heteroatoms. The van der Waals surface area contributed by atoms with E-state index in [4.69, 9.17) is 10.5 Å². The molecule has 4 rings (SSSR count). The van der Waals surface area contributed by atoms with Gasteiger partial charge in [0.2, 0.25) is 5.95 Å². The number of aromatic nitrogens is 3. The normalized spacial score (nSPS) is 15.2. The molecule has 0 spiro atoms. The van der Waals surface area contributed by atoms with E-state index in [0.29, 0.717) is 25.6 Å². The first-order chi connectivity index (χ1) is 18.6. The molecular weight excluding hydrogens is 484 g/mol. The fourth-order valence-electron chi connectivity index (χ4n) is 4.43. The number of carboxylic acids is 1. The minimum absolute atomic E-state index is 0.197. The molecule has 2 aromatic heterocycles. The van der Waals surface area contributed by atoms with Crippen LogP contribution in [0.5, 0.6) is 0 Å². The zero-order valence-electron chi connectivity index (χ0n) is 21.7. The van der Waals surface area contributed by atoms with Crippen molar-refractivity contribution in [2.75, 3.05) is 63.6 Å². The van der Waals surface area contributed by atoms with Gasteiger partial charge in [0.25, 0.3) is 0 Å². The van der Waals surface area contributed by atoms with Crippen molar-refractivity contribution in [2.24, 2.45) is 5.73 Å². The van der Waals surface area contributed by atoms with Gasteiger partial charge in [-0.05, 0) is 48.4 Å². The number of piperazine rings is 1. The maximum Gasteiger partial charge on any atom is 0.323 e. The van der Waals surface area contributed by atoms with Crippen LogP contribution < -0.4 is 16.4 Å². The Morgan fingerprint density at radius 1 is 1.11 bits per heavy atom. The summed E-state index contributed by atoms with van der Waals surface area (Å²) in [5.41, 5.74) is 9.53. The Bertz CT molecular complexity index is 1170. The minimum atomic E-state index is -0.836. The smallest absolute Gasteiger partial charge is 0.323 e. The minimum Gasteiger partial charge on any atom is -0.480 e. The van der Waals surface area contributed by atoms with Crippen molar-refractivity contribution in [2.45, 2.75) is 19.0 Å². The summed E-state index contributed by atoms with van der Waals surface area (Å²) in [5, 5.41) is 16.0. The molecule has 3 aromatic rings. The van der Waals surface area contributed by atoms with Crippen molar-refractivity contribution in [3.8, 4) is 11.1 Å². The van der Waals surface area contributed by atoms with Crippen molar-refractivity contribution in [3.05, 3.63) is 60.6 Å². The van der Waals surface area contributed by atoms with Crippen molar-refractivity contribution in [3.63, 3.8) is 0 Å². The zero-order chi connectivity index (χ0) is 26.7. The predicted molar refractivity (Wildman–Crippen MR) is 147 cm³/mol. The largest absolute Gasteiger partial charge is 0.480 e. The molecule has 202 valence electrons. The van der Waals surface area contributed by atoms with Crippen molar-refractivity contribution >= 4 is 23.4 Å². The highest BCUT2D eigenvalue weighted by molar-refractivity contribution is 5.73. The van der Waals surface area contributed by atoms with E-state index < -0.39 is 12.0 Å². The Balaban J connectivity index is 1.34. The molecule has 0 radical (unpaired) electrons. The van der Waals surface area contributed by atoms with Gasteiger partial charge in [-0.25, -0.2) is 15.0 Å². The number of nitrogens with one attached hydrogen (secondary N) is 2. The molecule has 0 amide bonds. The Morgan fingerprint density at radius 3 is 2.61 bits per heavy atom. The summed E-state index contributed by atoms with van der Waals surface area (Å²) in [6, 6.07) is 11.6. The van der Waals surface area contributed by atoms with Crippen LogP contribution in [0.3, 0.4) is 0 Å². The standard InChI is InChI=1S/C27H36N8O3/c1-38-19-24(26(36)37)35-12-10-34(11-13-35)18-20-4-2-5-23(14-20)33-25-15-21(6-9-29-25)22-16-31-27(32-17-22)30-8-3-7-28/h2,4-6,9,14-17,24H,3,7-8,10-13,18-19,28H2,1H3,(H,29,33)(H,36,37)(H,30,31,32). The molecule has 3 heterocycles. The van der Waals surface area contributed by atoms with Crippen LogP contribution in [0, 0.1) is 0 Å². The molecule has 1 saturated heterocycles. The first kappa shape index (κ1) is 27.4. The fourth-order valence-corrected chi connectivity index (χ4v) is 4.43. The van der Waals surface area contributed by atoms with E-state index in [9.17, 15) is 9.90 Å². The van der Waals surface area contributed by atoms with Crippen LogP contribution in [0.1, 0.15) is 12.0 Å². The Kier molecular flexibility index (Phi) is 9.93. The molecule has 1 aliphatic heterocycles. The van der Waals surface area contributed by atoms with Gasteiger partial charge in [0.15, 0.2) is 0 Å². The highest BCUT2D eigenvalue weighted by Gasteiger charge is 2.28. The third-order valence-electron chi connectivity index (χ3n) is 6.47. The molecule has 0 aliphatic carbocycles. The average molecular weight is 521 g/mol. The van der Waals surface area contributed by atoms with E-state index in [1.807, 2.05) is 29.2 Å². The molecule has 0 saturated carbocycles. The van der Waals surface area contributed by atoms with Crippen molar-refractivity contribution in [1.29, 1.82) is 0 Å². The van der Waals surface area contributed by atoms with Crippen molar-refractivity contribution < 1.29 is 14.6 Å². The number of nitrogens with two attached hydrogens (primary N) is 1. The zero-order valence-corrected chi connectivity index (χ0v) is 21.7. The van der Waals surface area contributed by atoms with Gasteiger partial charge in [-0.1, -0.05) is 12.1 Å². The summed E-state index contributed by atoms with van der Waals surface area (Å²) in [6.07, 6.45) is 6.23. The van der Waals surface area contributed by atoms with E-state index in [0.717, 1.165) is 55.2 Å². The summed E-state index contributed by atoms with van der Waals surface area (Å²) in [4.78, 5) is 29.1. The molecule has 0 bridgehead atoms. The number of carboxylic acid groups (broad SMARTS) is 1. The monoisotopic (exact) mass is 520 g/mol. The first-order valence-corrected chi connectivity index (χ1v) is 12.8. The Morgan fingerprint density at radius 2 is 1.89 bits per heavy atom. The van der Waals surface area contributed by atoms with E-state index in [1.54, 1.807) is 18.6 Å². The van der Waals surface area contributed by atoms with Gasteiger partial charge in [0.05, 0.1) is 6.61 Å². The number of hydrogen-bond donors (Lipinski definition) is 4. The predicted octanol–water partition coefficient (Wildman–Crippen LogP) is 2.26. The van der Waals surface area contributed by atoms with Crippen LogP contribution in [0.25, 0.3) is 11.1 Å². The van der Waals surface area contributed by atoms with E-state index in [-0.39, 0.29) is 6.61 Å². The van der Waals surface area contributed by atoms with Gasteiger partial charge in [-0.2, -0.15) is 0 Å². The van der Waals surface area contributed by atoms with E-state index in [1.165, 1.54) is 12.7 Å². The van der Waals surface area contributed by atoms with Gasteiger partial charge < -0.3 is 26.2 Å². The van der Waals surface area contributed by atoms with Gasteiger partial charge in [-0.3, -0.25) is 14.6 Å². The second kappa shape index (κ2) is 13.8. The number of ether oxygens (including phenoxy) is 1. The number of carbonyl (C=O) groups is 1. The molecule has 11 nitrogen and oxygen atoms in total. The lowest BCUT2D eigenvalue weighted by Crippen LogP contribution is -2.53. The number of rotatable bonds is 13. The summed E-state index contributed by atoms with van der Waals surface area (Å²) in [7, 11) is 1.54. The van der Waals surface area contributed by atoms with Crippen LogP contribution in [0.4, 0.5) is 17.5 Å². The van der Waals surface area contributed by atoms with Crippen LogP contribution in [0.2, 0.25) is 0 Å². The summed E-state index contributed by atoms with van der Waals surface area (Å²) in [6.45, 7) is 5.37. The molecule has 1 fully saturated rings. The molecule has 38 heavy (non-hydrogen) atoms. The number of nitrogens with zero attached hydrogens (tertiary/aromatic N) is 5. The molecule has 1 aliphatic rings. The molecule has 5 N–H and O–H groups in total. The van der Waals surface area contributed by atoms with Crippen LogP contribution in [-0.4, -0.2) is 94.9 Å². The third-order valence-corrected chi connectivity index (χ3v) is 6.47. The van der Waals surface area contributed by atoms with Gasteiger partial charge in [0, 0.05) is 76.2 Å². The van der Waals surface area contributed by atoms with Crippen LogP contribution in [0.15, 0.2) is 55.0 Å². The summed E-state index contributed by atoms with van der Waals surface area (Å²) >= 11 is 0. The lowest BCUT2D eigenvalue weighted by Gasteiger charge is -2.37. The number of anilines is 3. The van der Waals surface area contributed by atoms with Gasteiger partial charge >= 0.3 is 5.97 Å². The molecule has 1 unspecified atom stereocenters. The van der Waals surface area contributed by atoms with Crippen molar-refractivity contribution in [1.82, 2.24) is 24.8 Å². The highest BCUT2D eigenvalue weighted by Crippen LogP contribution is 2.23. The second-order valence-corrected chi connectivity index (χ2v) is 9.24. The highest BCUT2D eigenvalue weighted by atomic mass is 16.5. The Labute approximate surface area is 223 Å². The summed E-state index contributed by atoms with van der Waals surface area (Å²) in [5.74, 6) is 0.484. The summed E-state index contributed by atoms with van der Waals surface area (Å²) < 4.78 is 5.10. The topological polar surface area (TPSA) is 142 Å². The molecule has 1 atom stereocenters. The average Bonchev–Trinajstić information content (AvgIpc) is 2.93. The number of methoxy groups -OCH3 is 1. The second-order valence-electron chi connectivity index (χ2n) is 9.24. The van der Waals surface area contributed by atoms with Crippen LogP contribution >= 0.6 is 0 Å². The quantitative estimate of drug-likeness (QED) is 0.247. The maximum atomic E-state index is 11.5. The number of benzene rings is 1. The molecular formula is C27H36N8O3. The number of pyridine rings is 1. The maximum absolute atomic E-state index is 11.5. The third kappa shape index (κ3) is 7.68. The van der Waals surface area contributed by atoms with E-state index >= 15 is 0 Å². The Hall–Kier alpha value is -3.64. The first-order valence-electron chi connectivity index (χ1n) is 12.8. The number of hydrogen-bond acceptors (Lipinski definition) is 10. The number of aliphatic carboxylic acids is 1. The van der Waals surface area contributed by atoms with E-state index in [2.05, 4.69) is 42.6 Å². The van der Waals surface area contributed by atoms with Gasteiger partial charge in [-0.15, -0.1) is 0 Å². The van der Waals surface area contributed by atoms with Gasteiger partial charge in [0.1, 0.15) is 11.9 Å².